The molecule has 1 N–H and O–H groups in total. The van der Waals surface area contributed by atoms with E-state index >= 15 is 0 Å². The van der Waals surface area contributed by atoms with Gasteiger partial charge in [-0.15, -0.1) is 0 Å². The van der Waals surface area contributed by atoms with Crippen LogP contribution in [-0.2, 0) is 5.75 Å². The lowest BCUT2D eigenvalue weighted by molar-refractivity contribution is 0.552. The Labute approximate surface area is 142 Å². The highest BCUT2D eigenvalue weighted by Gasteiger charge is 1.95. The van der Waals surface area contributed by atoms with Gasteiger partial charge in [0.2, 0.25) is 0 Å². The highest BCUT2D eigenvalue weighted by atomic mass is 32.2. The van der Waals surface area contributed by atoms with Gasteiger partial charge < -0.3 is 5.32 Å². The molecule has 1 aromatic rings. The molecule has 1 aromatic carbocycles. The molecule has 0 aliphatic rings. The summed E-state index contributed by atoms with van der Waals surface area (Å²) in [6.45, 7) is 1.18. The first-order valence-electron chi connectivity index (χ1n) is 9.20. The third kappa shape index (κ3) is 12.1. The number of unbranched alkanes of at least 4 members (excludes halogenated alkanes) is 9. The van der Waals surface area contributed by atoms with Crippen LogP contribution in [0.3, 0.4) is 0 Å². The maximum absolute atomic E-state index is 3.21. The van der Waals surface area contributed by atoms with Gasteiger partial charge in [-0.2, -0.15) is 11.8 Å². The van der Waals surface area contributed by atoms with Crippen LogP contribution in [0.2, 0.25) is 0 Å². The van der Waals surface area contributed by atoms with Gasteiger partial charge in [-0.25, -0.2) is 0 Å². The van der Waals surface area contributed by atoms with E-state index in [1.807, 2.05) is 7.05 Å². The van der Waals surface area contributed by atoms with E-state index in [-0.39, 0.29) is 0 Å². The normalized spacial score (nSPS) is 11.0. The van der Waals surface area contributed by atoms with Gasteiger partial charge in [0, 0.05) is 5.75 Å². The van der Waals surface area contributed by atoms with Crippen molar-refractivity contribution < 1.29 is 0 Å². The number of hydrogen-bond acceptors (Lipinski definition) is 2. The number of thioether (sulfide) groups is 1. The lowest BCUT2D eigenvalue weighted by atomic mass is 10.1. The molecule has 0 saturated carbocycles. The van der Waals surface area contributed by atoms with Crippen molar-refractivity contribution in [3.8, 4) is 0 Å². The third-order valence-corrected chi connectivity index (χ3v) is 5.19. The summed E-state index contributed by atoms with van der Waals surface area (Å²) >= 11 is 2.08. The predicted molar refractivity (Wildman–Crippen MR) is 103 cm³/mol. The van der Waals surface area contributed by atoms with Gasteiger partial charge in [0.15, 0.2) is 0 Å². The van der Waals surface area contributed by atoms with Crippen molar-refractivity contribution in [3.63, 3.8) is 0 Å². The average molecular weight is 322 g/mol. The van der Waals surface area contributed by atoms with Gasteiger partial charge in [0.1, 0.15) is 0 Å². The van der Waals surface area contributed by atoms with Crippen LogP contribution in [0, 0.1) is 0 Å². The predicted octanol–water partition coefficient (Wildman–Crippen LogP) is 6.04. The van der Waals surface area contributed by atoms with Crippen molar-refractivity contribution in [2.45, 2.75) is 70.0 Å². The van der Waals surface area contributed by atoms with E-state index in [2.05, 4.69) is 47.4 Å². The van der Waals surface area contributed by atoms with Crippen LogP contribution in [0.4, 0.5) is 0 Å². The second-order valence-electron chi connectivity index (χ2n) is 6.18. The van der Waals surface area contributed by atoms with Crippen LogP contribution in [-0.4, -0.2) is 19.3 Å². The molecule has 0 bridgehead atoms. The third-order valence-electron chi connectivity index (χ3n) is 4.08. The number of rotatable bonds is 15. The van der Waals surface area contributed by atoms with Crippen molar-refractivity contribution in [3.05, 3.63) is 35.9 Å². The van der Waals surface area contributed by atoms with Crippen molar-refractivity contribution in [1.82, 2.24) is 5.32 Å². The van der Waals surface area contributed by atoms with E-state index in [0.717, 1.165) is 0 Å². The zero-order chi connectivity index (χ0) is 15.7. The van der Waals surface area contributed by atoms with E-state index in [9.17, 15) is 0 Å². The highest BCUT2D eigenvalue weighted by Crippen LogP contribution is 2.15. The minimum absolute atomic E-state index is 1.17. The smallest absolute Gasteiger partial charge is 0.0184 e. The van der Waals surface area contributed by atoms with Gasteiger partial charge in [0.05, 0.1) is 0 Å². The molecule has 0 aliphatic carbocycles. The van der Waals surface area contributed by atoms with Gasteiger partial charge >= 0.3 is 0 Å². The number of nitrogens with one attached hydrogen (secondary N) is 1. The molecular formula is C20H35NS. The fourth-order valence-corrected chi connectivity index (χ4v) is 3.67. The summed E-state index contributed by atoms with van der Waals surface area (Å²) in [5.41, 5.74) is 1.46. The molecule has 0 unspecified atom stereocenters. The molecule has 126 valence electrons. The van der Waals surface area contributed by atoms with Crippen molar-refractivity contribution in [1.29, 1.82) is 0 Å². The topological polar surface area (TPSA) is 12.0 Å². The molecule has 22 heavy (non-hydrogen) atoms. The van der Waals surface area contributed by atoms with Crippen LogP contribution in [0.5, 0.6) is 0 Å². The Morgan fingerprint density at radius 1 is 0.727 bits per heavy atom. The van der Waals surface area contributed by atoms with E-state index < -0.39 is 0 Å². The average Bonchev–Trinajstić information content (AvgIpc) is 2.56. The largest absolute Gasteiger partial charge is 0.320 e. The summed E-state index contributed by atoms with van der Waals surface area (Å²) in [6, 6.07) is 10.8. The molecule has 0 spiro atoms. The molecule has 0 aliphatic heterocycles. The van der Waals surface area contributed by atoms with E-state index in [0.29, 0.717) is 0 Å². The minimum atomic E-state index is 1.17. The second-order valence-corrected chi connectivity index (χ2v) is 7.28. The Kier molecular flexibility index (Phi) is 13.7. The van der Waals surface area contributed by atoms with Crippen molar-refractivity contribution in [2.75, 3.05) is 19.3 Å². The lowest BCUT2D eigenvalue weighted by Crippen LogP contribution is -2.06. The van der Waals surface area contributed by atoms with Gasteiger partial charge in [-0.3, -0.25) is 0 Å². The fourth-order valence-electron chi connectivity index (χ4n) is 2.68. The summed E-state index contributed by atoms with van der Waals surface area (Å²) in [4.78, 5) is 0. The minimum Gasteiger partial charge on any atom is -0.320 e. The Bertz CT molecular complexity index is 326. The molecule has 0 saturated heterocycles. The Morgan fingerprint density at radius 2 is 1.27 bits per heavy atom. The van der Waals surface area contributed by atoms with E-state index in [1.54, 1.807) is 0 Å². The van der Waals surface area contributed by atoms with Gasteiger partial charge in [-0.05, 0) is 37.8 Å². The SMILES string of the molecule is CNCCCCCCCCCCCCSCc1ccccc1. The van der Waals surface area contributed by atoms with Crippen molar-refractivity contribution in [2.24, 2.45) is 0 Å². The molecule has 0 radical (unpaired) electrons. The first-order valence-corrected chi connectivity index (χ1v) is 10.3. The van der Waals surface area contributed by atoms with Gasteiger partial charge in [-0.1, -0.05) is 81.7 Å². The fraction of sp³-hybridized carbons (Fsp3) is 0.700. The van der Waals surface area contributed by atoms with Crippen molar-refractivity contribution >= 4 is 11.8 Å². The monoisotopic (exact) mass is 321 g/mol. The van der Waals surface area contributed by atoms with E-state index in [4.69, 9.17) is 0 Å². The molecule has 2 heteroatoms. The van der Waals surface area contributed by atoms with Gasteiger partial charge in [0.25, 0.3) is 0 Å². The second kappa shape index (κ2) is 15.4. The molecule has 0 aromatic heterocycles. The highest BCUT2D eigenvalue weighted by molar-refractivity contribution is 7.98. The summed E-state index contributed by atoms with van der Waals surface area (Å²) in [5, 5.41) is 3.21. The Hall–Kier alpha value is -0.470. The summed E-state index contributed by atoms with van der Waals surface area (Å²) in [7, 11) is 2.04. The molecule has 1 nitrogen and oxygen atoms in total. The maximum Gasteiger partial charge on any atom is 0.0184 e. The molecule has 0 heterocycles. The van der Waals surface area contributed by atoms with Crippen LogP contribution < -0.4 is 5.32 Å². The number of benzene rings is 1. The quantitative estimate of drug-likeness (QED) is 0.395. The maximum atomic E-state index is 3.21. The lowest BCUT2D eigenvalue weighted by Gasteiger charge is -2.04. The van der Waals surface area contributed by atoms with Crippen LogP contribution >= 0.6 is 11.8 Å². The van der Waals surface area contributed by atoms with Crippen LogP contribution in [0.15, 0.2) is 30.3 Å². The molecule has 0 amide bonds. The van der Waals surface area contributed by atoms with Crippen LogP contribution in [0.1, 0.15) is 69.8 Å². The summed E-state index contributed by atoms with van der Waals surface area (Å²) < 4.78 is 0. The Balaban J connectivity index is 1.73. The van der Waals surface area contributed by atoms with Crippen LogP contribution in [0.25, 0.3) is 0 Å². The summed E-state index contributed by atoms with van der Waals surface area (Å²) in [5.74, 6) is 2.49. The molecule has 0 atom stereocenters. The zero-order valence-electron chi connectivity index (χ0n) is 14.5. The first kappa shape index (κ1) is 19.6. The Morgan fingerprint density at radius 3 is 1.86 bits per heavy atom. The summed E-state index contributed by atoms with van der Waals surface area (Å²) in [6.07, 6.45) is 14.2. The first-order chi connectivity index (χ1) is 10.9. The molecule has 0 fully saturated rings. The standard InChI is InChI=1S/C20H35NS/c1-21-17-13-8-6-4-2-3-5-7-9-14-18-22-19-20-15-11-10-12-16-20/h10-12,15-16,21H,2-9,13-14,17-19H2,1H3. The number of hydrogen-bond donors (Lipinski definition) is 1. The van der Waals surface area contributed by atoms with E-state index in [1.165, 1.54) is 87.8 Å². The molecular weight excluding hydrogens is 286 g/mol. The molecule has 1 rings (SSSR count). The zero-order valence-corrected chi connectivity index (χ0v) is 15.3.